The molecule has 1 aromatic heterocycles. The zero-order valence-electron chi connectivity index (χ0n) is 18.6. The van der Waals surface area contributed by atoms with Crippen molar-refractivity contribution >= 4 is 16.8 Å². The van der Waals surface area contributed by atoms with Gasteiger partial charge < -0.3 is 19.4 Å². The normalized spacial score (nSPS) is 14.3. The molecule has 1 amide bonds. The van der Waals surface area contributed by atoms with E-state index in [0.717, 1.165) is 67.2 Å². The number of rotatable bonds is 7. The molecule has 2 aromatic carbocycles. The smallest absolute Gasteiger partial charge is 0.251 e. The van der Waals surface area contributed by atoms with E-state index in [-0.39, 0.29) is 5.91 Å². The highest BCUT2D eigenvalue weighted by molar-refractivity contribution is 5.97. The van der Waals surface area contributed by atoms with Crippen molar-refractivity contribution in [2.24, 2.45) is 7.05 Å². The van der Waals surface area contributed by atoms with Crippen LogP contribution in [-0.4, -0.2) is 61.9 Å². The summed E-state index contributed by atoms with van der Waals surface area (Å²) >= 11 is 0. The first-order chi connectivity index (χ1) is 15.6. The van der Waals surface area contributed by atoms with Crippen LogP contribution in [0.1, 0.15) is 22.3 Å². The molecule has 0 spiro atoms. The monoisotopic (exact) mass is 432 g/mol. The molecule has 0 saturated carbocycles. The van der Waals surface area contributed by atoms with Gasteiger partial charge in [-0.05, 0) is 42.8 Å². The molecule has 3 aromatic rings. The Morgan fingerprint density at radius 2 is 1.94 bits per heavy atom. The number of morpholine rings is 1. The molecule has 7 heteroatoms. The van der Waals surface area contributed by atoms with Gasteiger partial charge in [-0.2, -0.15) is 5.26 Å². The van der Waals surface area contributed by atoms with Gasteiger partial charge in [0.15, 0.2) is 0 Å². The first-order valence-corrected chi connectivity index (χ1v) is 10.9. The second-order valence-corrected chi connectivity index (χ2v) is 7.92. The molecule has 1 aliphatic rings. The van der Waals surface area contributed by atoms with Gasteiger partial charge in [0.2, 0.25) is 0 Å². The molecule has 7 nitrogen and oxygen atoms in total. The number of nitriles is 1. The number of carbonyl (C=O) groups excluding carboxylic acids is 1. The first-order valence-electron chi connectivity index (χ1n) is 10.9. The summed E-state index contributed by atoms with van der Waals surface area (Å²) in [5.41, 5.74) is 3.87. The molecule has 0 unspecified atom stereocenters. The van der Waals surface area contributed by atoms with E-state index in [1.165, 1.54) is 0 Å². The Labute approximate surface area is 188 Å². The molecule has 1 fully saturated rings. The Balaban J connectivity index is 1.45. The van der Waals surface area contributed by atoms with Crippen molar-refractivity contribution in [3.8, 4) is 23.1 Å². The maximum Gasteiger partial charge on any atom is 0.251 e. The number of amides is 1. The summed E-state index contributed by atoms with van der Waals surface area (Å²) in [6, 6.07) is 15.5. The third-order valence-electron chi connectivity index (χ3n) is 5.98. The summed E-state index contributed by atoms with van der Waals surface area (Å²) in [7, 11) is 3.57. The van der Waals surface area contributed by atoms with Crippen molar-refractivity contribution in [3.63, 3.8) is 0 Å². The van der Waals surface area contributed by atoms with E-state index < -0.39 is 0 Å². The van der Waals surface area contributed by atoms with Gasteiger partial charge in [-0.25, -0.2) is 0 Å². The van der Waals surface area contributed by atoms with Crippen LogP contribution >= 0.6 is 0 Å². The van der Waals surface area contributed by atoms with E-state index in [4.69, 9.17) is 9.47 Å². The Kier molecular flexibility index (Phi) is 6.74. The van der Waals surface area contributed by atoms with Crippen LogP contribution in [-0.2, 0) is 11.8 Å². The van der Waals surface area contributed by atoms with Crippen LogP contribution in [0, 0.1) is 11.3 Å². The molecule has 1 saturated heterocycles. The maximum atomic E-state index is 12.5. The summed E-state index contributed by atoms with van der Waals surface area (Å²) in [5, 5.41) is 13.7. The van der Waals surface area contributed by atoms with Gasteiger partial charge in [0, 0.05) is 43.7 Å². The van der Waals surface area contributed by atoms with Gasteiger partial charge in [0.1, 0.15) is 11.8 Å². The highest BCUT2D eigenvalue weighted by Crippen LogP contribution is 2.34. The highest BCUT2D eigenvalue weighted by Gasteiger charge is 2.18. The molecular formula is C25H28N4O3. The van der Waals surface area contributed by atoms with Crippen molar-refractivity contribution in [1.29, 1.82) is 5.26 Å². The fourth-order valence-corrected chi connectivity index (χ4v) is 4.21. The number of hydrogen-bond acceptors (Lipinski definition) is 5. The van der Waals surface area contributed by atoms with Crippen molar-refractivity contribution in [2.45, 2.75) is 6.42 Å². The third-order valence-corrected chi connectivity index (χ3v) is 5.98. The lowest BCUT2D eigenvalue weighted by Gasteiger charge is -2.26. The number of benzene rings is 2. The Morgan fingerprint density at radius 3 is 2.62 bits per heavy atom. The summed E-state index contributed by atoms with van der Waals surface area (Å²) < 4.78 is 12.7. The third kappa shape index (κ3) is 4.47. The van der Waals surface area contributed by atoms with Crippen LogP contribution in [0.3, 0.4) is 0 Å². The van der Waals surface area contributed by atoms with Gasteiger partial charge in [0.25, 0.3) is 5.91 Å². The molecule has 0 atom stereocenters. The average molecular weight is 433 g/mol. The number of ether oxygens (including phenoxy) is 2. The molecule has 0 radical (unpaired) electrons. The molecule has 0 aliphatic carbocycles. The predicted molar refractivity (Wildman–Crippen MR) is 124 cm³/mol. The molecule has 2 heterocycles. The van der Waals surface area contributed by atoms with Crippen LogP contribution in [0.15, 0.2) is 42.5 Å². The molecule has 0 bridgehead atoms. The maximum absolute atomic E-state index is 12.5. The minimum absolute atomic E-state index is 0.0826. The van der Waals surface area contributed by atoms with Crippen LogP contribution in [0.2, 0.25) is 0 Å². The summed E-state index contributed by atoms with van der Waals surface area (Å²) in [4.78, 5) is 14.9. The fraction of sp³-hybridized carbons (Fsp3) is 0.360. The van der Waals surface area contributed by atoms with E-state index >= 15 is 0 Å². The Bertz CT molecular complexity index is 1140. The minimum atomic E-state index is -0.0826. The lowest BCUT2D eigenvalue weighted by atomic mass is 10.0. The second kappa shape index (κ2) is 9.86. The zero-order chi connectivity index (χ0) is 22.5. The topological polar surface area (TPSA) is 79.5 Å². The summed E-state index contributed by atoms with van der Waals surface area (Å²) in [6.45, 7) is 5.10. The fourth-order valence-electron chi connectivity index (χ4n) is 4.21. The Morgan fingerprint density at radius 1 is 1.19 bits per heavy atom. The number of hydrogen-bond donors (Lipinski definition) is 1. The van der Waals surface area contributed by atoms with Crippen LogP contribution in [0.25, 0.3) is 22.2 Å². The van der Waals surface area contributed by atoms with Crippen LogP contribution in [0.5, 0.6) is 5.75 Å². The second-order valence-electron chi connectivity index (χ2n) is 7.92. The van der Waals surface area contributed by atoms with Gasteiger partial charge in [-0.15, -0.1) is 0 Å². The number of aryl methyl sites for hydroxylation is 1. The lowest BCUT2D eigenvalue weighted by molar-refractivity contribution is 0.0374. The highest BCUT2D eigenvalue weighted by atomic mass is 16.5. The molecule has 4 rings (SSSR count). The number of aromatic nitrogens is 1. The standard InChI is InChI=1S/C25H28N4O3/c1-28-23-16-20(31-2)8-9-21(23)22(17-26)24(28)18-4-6-19(7-5-18)25(30)27-10-3-11-29-12-14-32-15-13-29/h4-9,16H,3,10-15H2,1-2H3,(H,27,30). The van der Waals surface area contributed by atoms with Gasteiger partial charge in [0.05, 0.1) is 37.1 Å². The Hall–Kier alpha value is -3.34. The van der Waals surface area contributed by atoms with E-state index in [1.54, 1.807) is 7.11 Å². The number of nitrogens with zero attached hydrogens (tertiary/aromatic N) is 3. The van der Waals surface area contributed by atoms with Crippen molar-refractivity contribution < 1.29 is 14.3 Å². The first kappa shape index (κ1) is 21.9. The molecule has 166 valence electrons. The number of carbonyl (C=O) groups is 1. The number of nitrogens with one attached hydrogen (secondary N) is 1. The van der Waals surface area contributed by atoms with Gasteiger partial charge in [-0.1, -0.05) is 12.1 Å². The van der Waals surface area contributed by atoms with E-state index in [2.05, 4.69) is 16.3 Å². The predicted octanol–water partition coefficient (Wildman–Crippen LogP) is 3.18. The number of fused-ring (bicyclic) bond motifs is 1. The summed E-state index contributed by atoms with van der Waals surface area (Å²) in [6.07, 6.45) is 0.911. The van der Waals surface area contributed by atoms with Crippen LogP contribution in [0.4, 0.5) is 0 Å². The van der Waals surface area contributed by atoms with Crippen molar-refractivity contribution in [2.75, 3.05) is 46.5 Å². The average Bonchev–Trinajstić information content (AvgIpc) is 3.13. The molecule has 1 N–H and O–H groups in total. The SMILES string of the molecule is COc1ccc2c(C#N)c(-c3ccc(C(=O)NCCCN4CCOCC4)cc3)n(C)c2c1. The van der Waals surface area contributed by atoms with Crippen LogP contribution < -0.4 is 10.1 Å². The molecule has 1 aliphatic heterocycles. The van der Waals surface area contributed by atoms with E-state index in [1.807, 2.05) is 54.1 Å². The van der Waals surface area contributed by atoms with Gasteiger partial charge >= 0.3 is 0 Å². The van der Waals surface area contributed by atoms with E-state index in [0.29, 0.717) is 17.7 Å². The largest absolute Gasteiger partial charge is 0.497 e. The van der Waals surface area contributed by atoms with E-state index in [9.17, 15) is 10.1 Å². The quantitative estimate of drug-likeness (QED) is 0.580. The minimum Gasteiger partial charge on any atom is -0.497 e. The number of methoxy groups -OCH3 is 1. The van der Waals surface area contributed by atoms with Gasteiger partial charge in [-0.3, -0.25) is 9.69 Å². The van der Waals surface area contributed by atoms with Crippen molar-refractivity contribution in [3.05, 3.63) is 53.6 Å². The molecular weight excluding hydrogens is 404 g/mol. The van der Waals surface area contributed by atoms with Crippen molar-refractivity contribution in [1.82, 2.24) is 14.8 Å². The zero-order valence-corrected chi connectivity index (χ0v) is 18.6. The summed E-state index contributed by atoms with van der Waals surface area (Å²) in [5.74, 6) is 0.663. The molecule has 32 heavy (non-hydrogen) atoms. The lowest BCUT2D eigenvalue weighted by Crippen LogP contribution is -2.38.